The summed E-state index contributed by atoms with van der Waals surface area (Å²) in [5.41, 5.74) is 0.315. The number of hydrogen-bond donors (Lipinski definition) is 2. The van der Waals surface area contributed by atoms with Gasteiger partial charge in [-0.25, -0.2) is 8.42 Å². The van der Waals surface area contributed by atoms with E-state index in [2.05, 4.69) is 10.8 Å². The number of nitrogens with zero attached hydrogens (tertiary/aromatic N) is 1. The van der Waals surface area contributed by atoms with Crippen molar-refractivity contribution in [3.05, 3.63) is 71.8 Å². The van der Waals surface area contributed by atoms with E-state index < -0.39 is 15.4 Å². The van der Waals surface area contributed by atoms with E-state index >= 15 is 0 Å². The number of methoxy groups -OCH3 is 1. The lowest BCUT2D eigenvalue weighted by Gasteiger charge is -2.27. The highest BCUT2D eigenvalue weighted by molar-refractivity contribution is 7.92. The van der Waals surface area contributed by atoms with Gasteiger partial charge in [0, 0.05) is 17.3 Å². The van der Waals surface area contributed by atoms with Gasteiger partial charge in [0.1, 0.15) is 23.0 Å². The van der Waals surface area contributed by atoms with E-state index in [1.165, 1.54) is 13.2 Å². The minimum Gasteiger partial charge on any atom is -0.497 e. The number of nitriles is 1. The summed E-state index contributed by atoms with van der Waals surface area (Å²) in [5, 5.41) is 19.4. The fraction of sp³-hybridized carbons (Fsp3) is 0.269. The van der Waals surface area contributed by atoms with Crippen LogP contribution >= 0.6 is 0 Å². The maximum atomic E-state index is 13.6. The number of aliphatic hydroxyl groups excluding tert-OH is 1. The Balaban J connectivity index is 2.32. The maximum Gasteiger partial charge on any atom is 0.265 e. The van der Waals surface area contributed by atoms with Crippen LogP contribution < -0.4 is 18.9 Å². The molecule has 0 fully saturated rings. The molecule has 0 amide bonds. The summed E-state index contributed by atoms with van der Waals surface area (Å²) in [7, 11) is -2.71. The Morgan fingerprint density at radius 1 is 1.00 bits per heavy atom. The average Bonchev–Trinajstić information content (AvgIpc) is 2.82. The highest BCUT2D eigenvalue weighted by atomic mass is 32.2. The molecule has 0 unspecified atom stereocenters. The van der Waals surface area contributed by atoms with Crippen molar-refractivity contribution in [1.82, 2.24) is 0 Å². The van der Waals surface area contributed by atoms with Crippen molar-refractivity contribution in [3.8, 4) is 29.1 Å². The standard InChI is InChI=1S/C26H28N2O6S/c1-26(2,3)23-18(17-27)15-22(35(30,31)28-19-9-6-5-7-10-19)24(25(23)33-14-13-29)34-21-12-8-11-20(16-21)32-4/h5-12,15-16,28-29H,13-14H2,1-4H3. The molecule has 0 saturated carbocycles. The van der Waals surface area contributed by atoms with Gasteiger partial charge in [-0.1, -0.05) is 45.0 Å². The Morgan fingerprint density at radius 2 is 1.69 bits per heavy atom. The topological polar surface area (TPSA) is 118 Å². The van der Waals surface area contributed by atoms with Crippen molar-refractivity contribution in [2.24, 2.45) is 0 Å². The first-order valence-corrected chi connectivity index (χ1v) is 12.3. The Hall–Kier alpha value is -3.74. The number of rotatable bonds is 9. The zero-order valence-corrected chi connectivity index (χ0v) is 20.8. The molecule has 0 aliphatic heterocycles. The third kappa shape index (κ3) is 6.04. The van der Waals surface area contributed by atoms with E-state index in [0.717, 1.165) is 0 Å². The van der Waals surface area contributed by atoms with Crippen molar-refractivity contribution < 1.29 is 27.7 Å². The molecule has 0 aliphatic rings. The fourth-order valence-corrected chi connectivity index (χ4v) is 4.74. The summed E-state index contributed by atoms with van der Waals surface area (Å²) in [6, 6.07) is 18.4. The second-order valence-corrected chi connectivity index (χ2v) is 10.3. The SMILES string of the molecule is COc1cccc(Oc2c(S(=O)(=O)Nc3ccccc3)cc(C#N)c(C(C)(C)C)c2OCCO)c1. The zero-order chi connectivity index (χ0) is 25.6. The van der Waals surface area contributed by atoms with Crippen molar-refractivity contribution >= 4 is 15.7 Å². The molecule has 3 aromatic carbocycles. The first kappa shape index (κ1) is 25.9. The summed E-state index contributed by atoms with van der Waals surface area (Å²) >= 11 is 0. The van der Waals surface area contributed by atoms with E-state index in [0.29, 0.717) is 22.7 Å². The molecule has 0 saturated heterocycles. The van der Waals surface area contributed by atoms with Gasteiger partial charge in [-0.2, -0.15) is 5.26 Å². The van der Waals surface area contributed by atoms with Crippen LogP contribution in [0.15, 0.2) is 65.6 Å². The largest absolute Gasteiger partial charge is 0.497 e. The zero-order valence-electron chi connectivity index (χ0n) is 20.0. The lowest BCUT2D eigenvalue weighted by atomic mass is 9.83. The molecule has 9 heteroatoms. The summed E-state index contributed by atoms with van der Waals surface area (Å²) in [4.78, 5) is -0.276. The van der Waals surface area contributed by atoms with Crippen LogP contribution in [0.25, 0.3) is 0 Å². The minimum absolute atomic E-state index is 0.0712. The summed E-state index contributed by atoms with van der Waals surface area (Å²) < 4.78 is 46.9. The smallest absolute Gasteiger partial charge is 0.265 e. The van der Waals surface area contributed by atoms with Crippen LogP contribution in [0.2, 0.25) is 0 Å². The first-order valence-electron chi connectivity index (χ1n) is 10.9. The molecular weight excluding hydrogens is 468 g/mol. The van der Waals surface area contributed by atoms with Gasteiger partial charge in [0.05, 0.1) is 25.3 Å². The lowest BCUT2D eigenvalue weighted by Crippen LogP contribution is -2.20. The highest BCUT2D eigenvalue weighted by Crippen LogP contribution is 2.47. The first-order chi connectivity index (χ1) is 16.6. The number of sulfonamides is 1. The molecule has 8 nitrogen and oxygen atoms in total. The summed E-state index contributed by atoms with van der Waals surface area (Å²) in [6.07, 6.45) is 0. The van der Waals surface area contributed by atoms with Gasteiger partial charge in [-0.3, -0.25) is 4.72 Å². The molecule has 2 N–H and O–H groups in total. The predicted octanol–water partition coefficient (Wildman–Crippen LogP) is 4.83. The van der Waals surface area contributed by atoms with Crippen LogP contribution in [-0.2, 0) is 15.4 Å². The van der Waals surface area contributed by atoms with Gasteiger partial charge in [0.2, 0.25) is 0 Å². The van der Waals surface area contributed by atoms with E-state index in [9.17, 15) is 18.8 Å². The summed E-state index contributed by atoms with van der Waals surface area (Å²) in [6.45, 7) is 5.18. The van der Waals surface area contributed by atoms with E-state index in [1.807, 2.05) is 20.8 Å². The number of benzene rings is 3. The van der Waals surface area contributed by atoms with Gasteiger partial charge in [0.25, 0.3) is 10.0 Å². The normalized spacial score (nSPS) is 11.4. The van der Waals surface area contributed by atoms with E-state index in [1.54, 1.807) is 54.6 Å². The Labute approximate surface area is 205 Å². The minimum atomic E-state index is -4.22. The molecule has 0 radical (unpaired) electrons. The molecule has 0 spiro atoms. The van der Waals surface area contributed by atoms with Crippen LogP contribution in [0.4, 0.5) is 5.69 Å². The van der Waals surface area contributed by atoms with Crippen LogP contribution in [0.1, 0.15) is 31.9 Å². The van der Waals surface area contributed by atoms with Gasteiger partial charge in [-0.05, 0) is 35.7 Å². The lowest BCUT2D eigenvalue weighted by molar-refractivity contribution is 0.194. The number of nitrogens with one attached hydrogen (secondary N) is 1. The molecule has 3 rings (SSSR count). The van der Waals surface area contributed by atoms with Crippen molar-refractivity contribution in [3.63, 3.8) is 0 Å². The molecule has 0 aliphatic carbocycles. The van der Waals surface area contributed by atoms with Crippen LogP contribution in [0, 0.1) is 11.3 Å². The second-order valence-electron chi connectivity index (χ2n) is 8.64. The number of ether oxygens (including phenoxy) is 3. The average molecular weight is 497 g/mol. The number of anilines is 1. The molecule has 35 heavy (non-hydrogen) atoms. The van der Waals surface area contributed by atoms with Gasteiger partial charge in [0.15, 0.2) is 11.5 Å². The molecule has 184 valence electrons. The Bertz CT molecular complexity index is 1330. The van der Waals surface area contributed by atoms with E-state index in [4.69, 9.17) is 14.2 Å². The van der Waals surface area contributed by atoms with Crippen LogP contribution in [0.5, 0.6) is 23.0 Å². The molecular formula is C26H28N2O6S. The maximum absolute atomic E-state index is 13.6. The highest BCUT2D eigenvalue weighted by Gasteiger charge is 2.33. The second kappa shape index (κ2) is 10.7. The third-order valence-electron chi connectivity index (χ3n) is 4.99. The Kier molecular flexibility index (Phi) is 7.89. The van der Waals surface area contributed by atoms with Crippen molar-refractivity contribution in [1.29, 1.82) is 5.26 Å². The quantitative estimate of drug-likeness (QED) is 0.436. The van der Waals surface area contributed by atoms with Crippen LogP contribution in [-0.4, -0.2) is 33.8 Å². The van der Waals surface area contributed by atoms with Crippen molar-refractivity contribution in [2.75, 3.05) is 25.0 Å². The van der Waals surface area contributed by atoms with Gasteiger partial charge < -0.3 is 19.3 Å². The molecule has 0 atom stereocenters. The van der Waals surface area contributed by atoms with E-state index in [-0.39, 0.29) is 35.2 Å². The summed E-state index contributed by atoms with van der Waals surface area (Å²) in [5.74, 6) is 0.789. The number of aliphatic hydroxyl groups is 1. The van der Waals surface area contributed by atoms with Gasteiger partial charge >= 0.3 is 0 Å². The fourth-order valence-electron chi connectivity index (χ4n) is 3.53. The molecule has 0 aromatic heterocycles. The van der Waals surface area contributed by atoms with Crippen molar-refractivity contribution in [2.45, 2.75) is 31.1 Å². The monoisotopic (exact) mass is 496 g/mol. The predicted molar refractivity (Wildman–Crippen MR) is 133 cm³/mol. The number of para-hydroxylation sites is 1. The Morgan fingerprint density at radius 3 is 2.29 bits per heavy atom. The molecule has 0 heterocycles. The van der Waals surface area contributed by atoms with Gasteiger partial charge in [-0.15, -0.1) is 0 Å². The third-order valence-corrected chi connectivity index (χ3v) is 6.37. The molecule has 3 aromatic rings. The number of hydrogen-bond acceptors (Lipinski definition) is 7. The molecule has 0 bridgehead atoms. The van der Waals surface area contributed by atoms with Crippen LogP contribution in [0.3, 0.4) is 0 Å².